The lowest BCUT2D eigenvalue weighted by Crippen LogP contribution is -2.31. The Hall–Kier alpha value is -2.29. The van der Waals surface area contributed by atoms with Crippen LogP contribution in [0.5, 0.6) is 0 Å². The van der Waals surface area contributed by atoms with E-state index in [1.165, 1.54) is 5.57 Å². The summed E-state index contributed by atoms with van der Waals surface area (Å²) in [5.41, 5.74) is 2.19. The number of rotatable bonds is 1. The molecule has 0 heterocycles. The third-order valence-electron chi connectivity index (χ3n) is 2.66. The van der Waals surface area contributed by atoms with Crippen molar-refractivity contribution >= 4 is 6.03 Å². The van der Waals surface area contributed by atoms with Crippen LogP contribution in [0, 0.1) is 0 Å². The van der Waals surface area contributed by atoms with E-state index in [4.69, 9.17) is 0 Å². The first-order valence-electron chi connectivity index (χ1n) is 6.74. The number of hydrogen-bond donors (Lipinski definition) is 2. The molecule has 3 heteroatoms. The van der Waals surface area contributed by atoms with Gasteiger partial charge in [-0.3, -0.25) is 0 Å². The average molecular weight is 270 g/mol. The van der Waals surface area contributed by atoms with Gasteiger partial charge in [-0.2, -0.15) is 0 Å². The lowest BCUT2D eigenvalue weighted by Gasteiger charge is -2.03. The second-order valence-electron chi connectivity index (χ2n) is 4.36. The fourth-order valence-electron chi connectivity index (χ4n) is 1.55. The van der Waals surface area contributed by atoms with Gasteiger partial charge in [-0.15, -0.1) is 0 Å². The van der Waals surface area contributed by atoms with Gasteiger partial charge in [-0.1, -0.05) is 60.3 Å². The van der Waals surface area contributed by atoms with Crippen LogP contribution < -0.4 is 10.6 Å². The average Bonchev–Trinajstić information content (AvgIpc) is 2.84. The SMILES string of the molecule is CC1=CCC=CC=C1.CNC(=O)NC1=CCC=CC=C1. The summed E-state index contributed by atoms with van der Waals surface area (Å²) in [5, 5.41) is 5.18. The van der Waals surface area contributed by atoms with Crippen molar-refractivity contribution in [3.05, 3.63) is 72.0 Å². The van der Waals surface area contributed by atoms with E-state index in [0.717, 1.165) is 18.5 Å². The summed E-state index contributed by atoms with van der Waals surface area (Å²) in [5.74, 6) is 0. The molecule has 2 rings (SSSR count). The van der Waals surface area contributed by atoms with Crippen molar-refractivity contribution in [1.29, 1.82) is 0 Å². The summed E-state index contributed by atoms with van der Waals surface area (Å²) in [6.45, 7) is 2.11. The summed E-state index contributed by atoms with van der Waals surface area (Å²) < 4.78 is 0. The zero-order valence-corrected chi connectivity index (χ0v) is 12.1. The molecule has 0 unspecified atom stereocenters. The third kappa shape index (κ3) is 7.21. The number of urea groups is 1. The van der Waals surface area contributed by atoms with Crippen molar-refractivity contribution in [3.8, 4) is 0 Å². The Balaban J connectivity index is 0.000000217. The standard InChI is InChI=1S/C9H12N2O.C8H10/c1-10-9(12)11-8-6-4-2-3-5-7-8;1-8-6-4-2-3-5-7-8/h2-4,6-7H,5H2,1H3,(H2,10,11,12);2-4,6-7H,5H2,1H3. The van der Waals surface area contributed by atoms with Gasteiger partial charge in [0.05, 0.1) is 0 Å². The zero-order chi connectivity index (χ0) is 14.6. The molecular weight excluding hydrogens is 248 g/mol. The summed E-state index contributed by atoms with van der Waals surface area (Å²) >= 11 is 0. The molecule has 0 atom stereocenters. The summed E-state index contributed by atoms with van der Waals surface area (Å²) in [6, 6.07) is -0.187. The van der Waals surface area contributed by atoms with E-state index in [9.17, 15) is 4.79 Å². The van der Waals surface area contributed by atoms with Crippen LogP contribution in [0.3, 0.4) is 0 Å². The molecule has 20 heavy (non-hydrogen) atoms. The molecule has 0 aromatic heterocycles. The molecule has 3 nitrogen and oxygen atoms in total. The van der Waals surface area contributed by atoms with Crippen LogP contribution in [-0.2, 0) is 0 Å². The maximum Gasteiger partial charge on any atom is 0.318 e. The van der Waals surface area contributed by atoms with Gasteiger partial charge in [-0.25, -0.2) is 4.79 Å². The maximum absolute atomic E-state index is 10.9. The monoisotopic (exact) mass is 270 g/mol. The molecule has 0 bridgehead atoms. The van der Waals surface area contributed by atoms with Gasteiger partial charge in [0.15, 0.2) is 0 Å². The van der Waals surface area contributed by atoms with Gasteiger partial charge in [0.1, 0.15) is 0 Å². The van der Waals surface area contributed by atoms with Crippen LogP contribution in [0.1, 0.15) is 19.8 Å². The first kappa shape index (κ1) is 15.8. The third-order valence-corrected chi connectivity index (χ3v) is 2.66. The van der Waals surface area contributed by atoms with E-state index in [1.54, 1.807) is 7.05 Å². The molecule has 0 fully saturated rings. The molecule has 2 amide bonds. The van der Waals surface area contributed by atoms with E-state index >= 15 is 0 Å². The Labute approximate surface area is 121 Å². The van der Waals surface area contributed by atoms with Gasteiger partial charge in [-0.05, 0) is 25.8 Å². The molecule has 0 aromatic rings. The summed E-state index contributed by atoms with van der Waals surface area (Å²) in [6.07, 6.45) is 22.2. The van der Waals surface area contributed by atoms with E-state index in [1.807, 2.05) is 30.4 Å². The summed E-state index contributed by atoms with van der Waals surface area (Å²) in [4.78, 5) is 10.9. The minimum Gasteiger partial charge on any atom is -0.341 e. The molecule has 0 aliphatic heterocycles. The highest BCUT2D eigenvalue weighted by Crippen LogP contribution is 2.02. The molecule has 0 saturated heterocycles. The van der Waals surface area contributed by atoms with E-state index in [2.05, 4.69) is 47.9 Å². The molecule has 0 aromatic carbocycles. The van der Waals surface area contributed by atoms with E-state index < -0.39 is 0 Å². The first-order valence-corrected chi connectivity index (χ1v) is 6.74. The van der Waals surface area contributed by atoms with Crippen molar-refractivity contribution < 1.29 is 4.79 Å². The van der Waals surface area contributed by atoms with Crippen molar-refractivity contribution in [2.75, 3.05) is 7.05 Å². The Morgan fingerprint density at radius 2 is 1.65 bits per heavy atom. The maximum atomic E-state index is 10.9. The lowest BCUT2D eigenvalue weighted by molar-refractivity contribution is 0.245. The highest BCUT2D eigenvalue weighted by Gasteiger charge is 1.97. The molecule has 0 spiro atoms. The molecular formula is C17H22N2O. The Bertz CT molecular complexity index is 488. The highest BCUT2D eigenvalue weighted by atomic mass is 16.2. The molecule has 2 aliphatic rings. The van der Waals surface area contributed by atoms with Crippen molar-refractivity contribution in [1.82, 2.24) is 10.6 Å². The Morgan fingerprint density at radius 1 is 1.00 bits per heavy atom. The number of hydrogen-bond acceptors (Lipinski definition) is 1. The predicted molar refractivity (Wildman–Crippen MR) is 85.2 cm³/mol. The number of nitrogens with one attached hydrogen (secondary N) is 2. The number of carbonyl (C=O) groups excluding carboxylic acids is 1. The van der Waals surface area contributed by atoms with Crippen LogP contribution in [0.2, 0.25) is 0 Å². The summed E-state index contributed by atoms with van der Waals surface area (Å²) in [7, 11) is 1.59. The normalized spacial score (nSPS) is 16.1. The predicted octanol–water partition coefficient (Wildman–Crippen LogP) is 3.76. The largest absolute Gasteiger partial charge is 0.341 e. The van der Waals surface area contributed by atoms with Crippen LogP contribution in [0.15, 0.2) is 72.0 Å². The first-order chi connectivity index (χ1) is 9.72. The topological polar surface area (TPSA) is 41.1 Å². The quantitative estimate of drug-likeness (QED) is 0.748. The molecule has 0 saturated carbocycles. The molecule has 106 valence electrons. The molecule has 2 aliphatic carbocycles. The minimum absolute atomic E-state index is 0.187. The number of carbonyl (C=O) groups is 1. The second-order valence-corrected chi connectivity index (χ2v) is 4.36. The second kappa shape index (κ2) is 9.62. The van der Waals surface area contributed by atoms with Gasteiger partial charge in [0.2, 0.25) is 0 Å². The van der Waals surface area contributed by atoms with Crippen LogP contribution in [0.25, 0.3) is 0 Å². The fourth-order valence-corrected chi connectivity index (χ4v) is 1.55. The number of amides is 2. The van der Waals surface area contributed by atoms with E-state index in [0.29, 0.717) is 0 Å². The minimum atomic E-state index is -0.187. The van der Waals surface area contributed by atoms with Gasteiger partial charge in [0, 0.05) is 12.7 Å². The fraction of sp³-hybridized carbons (Fsp3) is 0.235. The van der Waals surface area contributed by atoms with E-state index in [-0.39, 0.29) is 6.03 Å². The van der Waals surface area contributed by atoms with Gasteiger partial charge >= 0.3 is 6.03 Å². The van der Waals surface area contributed by atoms with Gasteiger partial charge in [0.25, 0.3) is 0 Å². The van der Waals surface area contributed by atoms with Crippen LogP contribution in [0.4, 0.5) is 4.79 Å². The van der Waals surface area contributed by atoms with Crippen molar-refractivity contribution in [2.24, 2.45) is 0 Å². The Morgan fingerprint density at radius 3 is 2.35 bits per heavy atom. The van der Waals surface area contributed by atoms with Gasteiger partial charge < -0.3 is 10.6 Å². The highest BCUT2D eigenvalue weighted by molar-refractivity contribution is 5.76. The Kier molecular flexibility index (Phi) is 7.58. The van der Waals surface area contributed by atoms with Crippen molar-refractivity contribution in [3.63, 3.8) is 0 Å². The van der Waals surface area contributed by atoms with Crippen molar-refractivity contribution in [2.45, 2.75) is 19.8 Å². The lowest BCUT2D eigenvalue weighted by atomic mass is 10.2. The van der Waals surface area contributed by atoms with Crippen LogP contribution in [-0.4, -0.2) is 13.1 Å². The zero-order valence-electron chi connectivity index (χ0n) is 12.1. The molecule has 0 radical (unpaired) electrons. The smallest absolute Gasteiger partial charge is 0.318 e. The molecule has 2 N–H and O–H groups in total. The van der Waals surface area contributed by atoms with Crippen LogP contribution >= 0.6 is 0 Å². The number of allylic oxidation sites excluding steroid dienone is 11.